The molecule has 0 aliphatic rings. The highest BCUT2D eigenvalue weighted by Gasteiger charge is 2.21. The van der Waals surface area contributed by atoms with Crippen molar-refractivity contribution in [1.29, 1.82) is 0 Å². The molecule has 0 saturated heterocycles. The fraction of sp³-hybridized carbons (Fsp3) is 0.174. The number of benzene rings is 2. The van der Waals surface area contributed by atoms with Gasteiger partial charge in [-0.3, -0.25) is 14.7 Å². The van der Waals surface area contributed by atoms with Crippen LogP contribution in [0, 0.1) is 0 Å². The van der Waals surface area contributed by atoms with Crippen LogP contribution in [-0.2, 0) is 17.8 Å². The molecule has 2 heterocycles. The van der Waals surface area contributed by atoms with Gasteiger partial charge in [0.25, 0.3) is 0 Å². The number of fused-ring (bicyclic) bond motifs is 1. The normalized spacial score (nSPS) is 10.9. The van der Waals surface area contributed by atoms with E-state index in [1.54, 1.807) is 36.2 Å². The highest BCUT2D eigenvalue weighted by molar-refractivity contribution is 7.98. The summed E-state index contributed by atoms with van der Waals surface area (Å²) in [7, 11) is 1.63. The number of thioether (sulfide) groups is 1. The second-order valence-electron chi connectivity index (χ2n) is 6.66. The van der Waals surface area contributed by atoms with Crippen molar-refractivity contribution in [3.05, 3.63) is 78.1 Å². The number of rotatable bonds is 7. The molecule has 4 rings (SSSR count). The van der Waals surface area contributed by atoms with Crippen molar-refractivity contribution in [3.63, 3.8) is 0 Å². The Morgan fingerprint density at radius 3 is 2.53 bits per heavy atom. The summed E-state index contributed by atoms with van der Waals surface area (Å²) in [5.74, 6) is 0.709. The number of nitrogens with zero attached hydrogens (tertiary/aromatic N) is 3. The van der Waals surface area contributed by atoms with Gasteiger partial charge in [-0.1, -0.05) is 29.5 Å². The zero-order chi connectivity index (χ0) is 20.9. The number of ether oxygens (including phenoxy) is 1. The average Bonchev–Trinajstić information content (AvgIpc) is 3.22. The first-order valence-corrected chi connectivity index (χ1v) is 11.5. The van der Waals surface area contributed by atoms with Gasteiger partial charge in [-0.05, 0) is 53.8 Å². The molecule has 5 nitrogen and oxygen atoms in total. The first kappa shape index (κ1) is 20.4. The topological polar surface area (TPSA) is 55.3 Å². The Hall–Kier alpha value is -2.90. The largest absolute Gasteiger partial charge is 0.494 e. The van der Waals surface area contributed by atoms with Gasteiger partial charge in [-0.2, -0.15) is 0 Å². The van der Waals surface area contributed by atoms with Crippen molar-refractivity contribution in [3.8, 4) is 5.75 Å². The Morgan fingerprint density at radius 1 is 1.07 bits per heavy atom. The first-order chi connectivity index (χ1) is 14.7. The van der Waals surface area contributed by atoms with Gasteiger partial charge in [0, 0.05) is 17.3 Å². The predicted octanol–water partition coefficient (Wildman–Crippen LogP) is 5.20. The summed E-state index contributed by atoms with van der Waals surface area (Å²) in [5, 5.41) is 0.664. The number of methoxy groups -OCH3 is 1. The molecule has 30 heavy (non-hydrogen) atoms. The van der Waals surface area contributed by atoms with Gasteiger partial charge in [-0.25, -0.2) is 4.98 Å². The van der Waals surface area contributed by atoms with Crippen molar-refractivity contribution in [2.24, 2.45) is 0 Å². The molecule has 0 atom stereocenters. The molecule has 0 spiro atoms. The Morgan fingerprint density at radius 2 is 1.83 bits per heavy atom. The Balaban J connectivity index is 1.67. The van der Waals surface area contributed by atoms with E-state index in [0.29, 0.717) is 23.8 Å². The summed E-state index contributed by atoms with van der Waals surface area (Å²) in [6, 6.07) is 17.8. The van der Waals surface area contributed by atoms with Crippen LogP contribution in [-0.4, -0.2) is 29.2 Å². The van der Waals surface area contributed by atoms with E-state index >= 15 is 0 Å². The number of thiazole rings is 1. The highest BCUT2D eigenvalue weighted by Crippen LogP contribution is 2.35. The summed E-state index contributed by atoms with van der Waals surface area (Å²) >= 11 is 3.18. The van der Waals surface area contributed by atoms with E-state index in [4.69, 9.17) is 9.72 Å². The molecular weight excluding hydrogens is 414 g/mol. The SMILES string of the molecule is COc1cccc2sc(N(Cc3ccncc3)C(=O)Cc3ccc(SC)cc3)nc12. The molecule has 2 aromatic carbocycles. The quantitative estimate of drug-likeness (QED) is 0.374. The smallest absolute Gasteiger partial charge is 0.233 e. The van der Waals surface area contributed by atoms with Gasteiger partial charge in [-0.15, -0.1) is 11.8 Å². The van der Waals surface area contributed by atoms with Crippen LogP contribution in [0.5, 0.6) is 5.75 Å². The minimum atomic E-state index is 0.00161. The Kier molecular flexibility index (Phi) is 6.30. The predicted molar refractivity (Wildman–Crippen MR) is 124 cm³/mol. The van der Waals surface area contributed by atoms with Crippen LogP contribution in [0.15, 0.2) is 71.9 Å². The minimum Gasteiger partial charge on any atom is -0.494 e. The molecule has 1 amide bonds. The number of carbonyl (C=O) groups is 1. The van der Waals surface area contributed by atoms with E-state index in [1.807, 2.05) is 60.9 Å². The lowest BCUT2D eigenvalue weighted by atomic mass is 10.1. The van der Waals surface area contributed by atoms with Gasteiger partial charge in [0.15, 0.2) is 5.13 Å². The first-order valence-electron chi connectivity index (χ1n) is 9.43. The highest BCUT2D eigenvalue weighted by atomic mass is 32.2. The lowest BCUT2D eigenvalue weighted by Gasteiger charge is -2.20. The number of amides is 1. The number of hydrogen-bond acceptors (Lipinski definition) is 6. The maximum atomic E-state index is 13.3. The lowest BCUT2D eigenvalue weighted by molar-refractivity contribution is -0.118. The minimum absolute atomic E-state index is 0.00161. The number of carbonyl (C=O) groups excluding carboxylic acids is 1. The third-order valence-electron chi connectivity index (χ3n) is 4.73. The Labute approximate surface area is 183 Å². The van der Waals surface area contributed by atoms with Crippen molar-refractivity contribution in [2.75, 3.05) is 18.3 Å². The summed E-state index contributed by atoms with van der Waals surface area (Å²) in [5.41, 5.74) is 2.76. The van der Waals surface area contributed by atoms with E-state index in [9.17, 15) is 4.79 Å². The number of aromatic nitrogens is 2. The second-order valence-corrected chi connectivity index (χ2v) is 8.55. The van der Waals surface area contributed by atoms with Crippen molar-refractivity contribution in [2.45, 2.75) is 17.9 Å². The number of anilines is 1. The maximum absolute atomic E-state index is 13.3. The monoisotopic (exact) mass is 435 g/mol. The fourth-order valence-corrected chi connectivity index (χ4v) is 4.55. The molecule has 0 N–H and O–H groups in total. The molecule has 152 valence electrons. The van der Waals surface area contributed by atoms with Crippen LogP contribution in [0.2, 0.25) is 0 Å². The zero-order valence-electron chi connectivity index (χ0n) is 16.7. The molecule has 0 bridgehead atoms. The lowest BCUT2D eigenvalue weighted by Crippen LogP contribution is -2.31. The molecule has 2 aromatic heterocycles. The van der Waals surface area contributed by atoms with Crippen LogP contribution in [0.25, 0.3) is 10.2 Å². The summed E-state index contributed by atoms with van der Waals surface area (Å²) in [4.78, 5) is 25.1. The van der Waals surface area contributed by atoms with Crippen molar-refractivity contribution in [1.82, 2.24) is 9.97 Å². The van der Waals surface area contributed by atoms with Crippen LogP contribution in [0.1, 0.15) is 11.1 Å². The van der Waals surface area contributed by atoms with Crippen molar-refractivity contribution >= 4 is 44.4 Å². The average molecular weight is 436 g/mol. The zero-order valence-corrected chi connectivity index (χ0v) is 18.4. The van der Waals surface area contributed by atoms with E-state index < -0.39 is 0 Å². The number of pyridine rings is 1. The second kappa shape index (κ2) is 9.28. The molecule has 0 saturated carbocycles. The Bertz CT molecular complexity index is 1140. The molecule has 0 radical (unpaired) electrons. The van der Waals surface area contributed by atoms with Crippen molar-refractivity contribution < 1.29 is 9.53 Å². The molecule has 0 unspecified atom stereocenters. The van der Waals surface area contributed by atoms with Gasteiger partial charge in [0.2, 0.25) is 5.91 Å². The molecule has 0 aliphatic carbocycles. The van der Waals surface area contributed by atoms with E-state index in [2.05, 4.69) is 4.98 Å². The summed E-state index contributed by atoms with van der Waals surface area (Å²) in [6.45, 7) is 0.437. The molecule has 4 aromatic rings. The van der Waals surface area contributed by atoms with Crippen LogP contribution in [0.3, 0.4) is 0 Å². The van der Waals surface area contributed by atoms with Gasteiger partial charge in [0.05, 0.1) is 24.8 Å². The van der Waals surface area contributed by atoms with E-state index in [1.165, 1.54) is 16.2 Å². The number of para-hydroxylation sites is 1. The fourth-order valence-electron chi connectivity index (χ4n) is 3.14. The van der Waals surface area contributed by atoms with Gasteiger partial charge >= 0.3 is 0 Å². The van der Waals surface area contributed by atoms with E-state index in [-0.39, 0.29) is 5.91 Å². The molecule has 7 heteroatoms. The van der Waals surface area contributed by atoms with Gasteiger partial charge < -0.3 is 4.74 Å². The van der Waals surface area contributed by atoms with Crippen LogP contribution >= 0.6 is 23.1 Å². The summed E-state index contributed by atoms with van der Waals surface area (Å²) < 4.78 is 6.43. The molecule has 0 aliphatic heterocycles. The summed E-state index contributed by atoms with van der Waals surface area (Å²) in [6.07, 6.45) is 5.83. The van der Waals surface area contributed by atoms with E-state index in [0.717, 1.165) is 21.3 Å². The molecular formula is C23H21N3O2S2. The van der Waals surface area contributed by atoms with Crippen LogP contribution < -0.4 is 9.64 Å². The maximum Gasteiger partial charge on any atom is 0.233 e. The van der Waals surface area contributed by atoms with Crippen LogP contribution in [0.4, 0.5) is 5.13 Å². The standard InChI is InChI=1S/C23H21N3O2S2/c1-28-19-4-3-5-20-22(19)25-23(30-20)26(15-17-10-12-24-13-11-17)21(27)14-16-6-8-18(29-2)9-7-16/h3-13H,14-15H2,1-2H3. The molecule has 0 fully saturated rings. The third-order valence-corrected chi connectivity index (χ3v) is 6.51. The number of hydrogen-bond donors (Lipinski definition) is 0. The third kappa shape index (κ3) is 4.47. The van der Waals surface area contributed by atoms with Gasteiger partial charge in [0.1, 0.15) is 11.3 Å².